The van der Waals surface area contributed by atoms with Crippen molar-refractivity contribution in [3.63, 3.8) is 0 Å². The molecule has 3 fully saturated rings. The Labute approximate surface area is 209 Å². The minimum atomic E-state index is -1.03. The van der Waals surface area contributed by atoms with E-state index in [9.17, 15) is 15.1 Å². The summed E-state index contributed by atoms with van der Waals surface area (Å²) in [7, 11) is 0. The number of amides is 1. The topological polar surface area (TPSA) is 103 Å². The molecule has 0 radical (unpaired) electrons. The molecule has 3 aromatic rings. The third kappa shape index (κ3) is 4.51. The van der Waals surface area contributed by atoms with Gasteiger partial charge in [-0.25, -0.2) is 0 Å². The van der Waals surface area contributed by atoms with Gasteiger partial charge in [-0.05, 0) is 69.4 Å². The van der Waals surface area contributed by atoms with E-state index < -0.39 is 11.5 Å². The van der Waals surface area contributed by atoms with E-state index in [1.165, 1.54) is 0 Å². The van der Waals surface area contributed by atoms with Gasteiger partial charge in [0, 0.05) is 35.7 Å². The zero-order valence-electron chi connectivity index (χ0n) is 20.2. The standard InChI is InChI=1S/C28H30N4O4/c1-2-28(34)12-10-21(11-13-28)31-16-20-14-23(26(15-22(20)30-31)36-17-18-6-7-18)29-27(33)25-5-3-4-24(32(25)35)19-8-9-19/h1,3-5,14-16,18-19,21,34H,6-13,17H2,(H,29,33). The molecule has 2 aromatic heterocycles. The molecule has 186 valence electrons. The summed E-state index contributed by atoms with van der Waals surface area (Å²) >= 11 is 0. The highest BCUT2D eigenvalue weighted by Gasteiger charge is 2.34. The first-order valence-corrected chi connectivity index (χ1v) is 12.8. The maximum absolute atomic E-state index is 13.2. The lowest BCUT2D eigenvalue weighted by molar-refractivity contribution is -0.616. The van der Waals surface area contributed by atoms with Crippen molar-refractivity contribution in [2.75, 3.05) is 11.9 Å². The summed E-state index contributed by atoms with van der Waals surface area (Å²) in [6, 6.07) is 8.97. The molecule has 1 aromatic carbocycles. The van der Waals surface area contributed by atoms with Gasteiger partial charge in [-0.2, -0.15) is 9.83 Å². The van der Waals surface area contributed by atoms with Crippen LogP contribution in [0.2, 0.25) is 0 Å². The minimum Gasteiger partial charge on any atom is -0.618 e. The van der Waals surface area contributed by atoms with E-state index in [0.29, 0.717) is 42.5 Å². The fourth-order valence-electron chi connectivity index (χ4n) is 5.00. The normalized spacial score (nSPS) is 23.8. The largest absolute Gasteiger partial charge is 0.618 e. The number of rotatable bonds is 7. The van der Waals surface area contributed by atoms with Crippen molar-refractivity contribution in [3.05, 3.63) is 53.1 Å². The Morgan fingerprint density at radius 3 is 2.72 bits per heavy atom. The first-order valence-electron chi connectivity index (χ1n) is 12.8. The quantitative estimate of drug-likeness (QED) is 0.298. The average molecular weight is 487 g/mol. The van der Waals surface area contributed by atoms with E-state index in [4.69, 9.17) is 16.3 Å². The fraction of sp³-hybridized carbons (Fsp3) is 0.464. The van der Waals surface area contributed by atoms with E-state index in [1.54, 1.807) is 18.2 Å². The smallest absolute Gasteiger partial charge is 0.321 e. The molecular formula is C28H30N4O4. The van der Waals surface area contributed by atoms with Crippen LogP contribution in [-0.2, 0) is 0 Å². The van der Waals surface area contributed by atoms with Gasteiger partial charge in [-0.1, -0.05) is 5.92 Å². The second-order valence-electron chi connectivity index (χ2n) is 10.5. The van der Waals surface area contributed by atoms with Crippen LogP contribution in [0.3, 0.4) is 0 Å². The van der Waals surface area contributed by atoms with Gasteiger partial charge in [0.1, 0.15) is 11.4 Å². The molecule has 0 atom stereocenters. The third-order valence-corrected chi connectivity index (χ3v) is 7.67. The number of pyridine rings is 1. The number of terminal acetylenes is 1. The number of carbonyl (C=O) groups excluding carboxylic acids is 1. The second-order valence-corrected chi connectivity index (χ2v) is 10.5. The van der Waals surface area contributed by atoms with Gasteiger partial charge in [-0.3, -0.25) is 9.48 Å². The summed E-state index contributed by atoms with van der Waals surface area (Å²) in [5, 5.41) is 31.8. The van der Waals surface area contributed by atoms with Crippen molar-refractivity contribution in [2.24, 2.45) is 5.92 Å². The number of aromatic nitrogens is 3. The van der Waals surface area contributed by atoms with Crippen molar-refractivity contribution in [1.82, 2.24) is 9.78 Å². The number of ether oxygens (including phenoxy) is 1. The van der Waals surface area contributed by atoms with Crippen LogP contribution in [0.25, 0.3) is 10.9 Å². The average Bonchev–Trinajstić information content (AvgIpc) is 3.81. The molecule has 3 saturated carbocycles. The molecule has 3 aliphatic rings. The highest BCUT2D eigenvalue weighted by molar-refractivity contribution is 6.04. The molecule has 2 N–H and O–H groups in total. The fourth-order valence-corrected chi connectivity index (χ4v) is 5.00. The minimum absolute atomic E-state index is 0.0755. The van der Waals surface area contributed by atoms with Gasteiger partial charge in [-0.15, -0.1) is 6.42 Å². The van der Waals surface area contributed by atoms with E-state index in [0.717, 1.165) is 54.2 Å². The Hall–Kier alpha value is -3.57. The maximum Gasteiger partial charge on any atom is 0.321 e. The lowest BCUT2D eigenvalue weighted by Crippen LogP contribution is -2.40. The summed E-state index contributed by atoms with van der Waals surface area (Å²) in [6.45, 7) is 0.584. The maximum atomic E-state index is 13.2. The molecule has 0 unspecified atom stereocenters. The van der Waals surface area contributed by atoms with E-state index >= 15 is 0 Å². The van der Waals surface area contributed by atoms with Gasteiger partial charge in [0.15, 0.2) is 5.69 Å². The second kappa shape index (κ2) is 8.82. The monoisotopic (exact) mass is 486 g/mol. The van der Waals surface area contributed by atoms with Gasteiger partial charge < -0.3 is 20.4 Å². The van der Waals surface area contributed by atoms with Crippen molar-refractivity contribution in [1.29, 1.82) is 0 Å². The summed E-state index contributed by atoms with van der Waals surface area (Å²) < 4.78 is 8.79. The highest BCUT2D eigenvalue weighted by Crippen LogP contribution is 2.39. The number of aliphatic hydroxyl groups is 1. The molecule has 3 aliphatic carbocycles. The number of hydrogen-bond donors (Lipinski definition) is 2. The molecule has 1 amide bonds. The summed E-state index contributed by atoms with van der Waals surface area (Å²) in [4.78, 5) is 13.2. The lowest BCUT2D eigenvalue weighted by Gasteiger charge is -2.32. The van der Waals surface area contributed by atoms with Crippen LogP contribution in [0, 0.1) is 23.5 Å². The summed E-state index contributed by atoms with van der Waals surface area (Å²) in [6.07, 6.45) is 14.3. The van der Waals surface area contributed by atoms with Crippen LogP contribution in [0.4, 0.5) is 5.69 Å². The van der Waals surface area contributed by atoms with Crippen LogP contribution in [-0.4, -0.2) is 33.0 Å². The SMILES string of the molecule is C#CC1(O)CCC(n2cc3cc(NC(=O)c4cccc(C5CC5)[n+]4[O-])c(OCC4CC4)cc3n2)CC1. The van der Waals surface area contributed by atoms with Gasteiger partial charge in [0.05, 0.1) is 23.9 Å². The van der Waals surface area contributed by atoms with Crippen molar-refractivity contribution in [3.8, 4) is 18.1 Å². The number of fused-ring (bicyclic) bond motifs is 1. The number of carbonyl (C=O) groups is 1. The Morgan fingerprint density at radius 2 is 2.03 bits per heavy atom. The molecule has 0 bridgehead atoms. The van der Waals surface area contributed by atoms with Crippen molar-refractivity contribution in [2.45, 2.75) is 68.9 Å². The number of nitrogens with one attached hydrogen (secondary N) is 1. The number of anilines is 1. The summed E-state index contributed by atoms with van der Waals surface area (Å²) in [5.74, 6) is 3.39. The van der Waals surface area contributed by atoms with E-state index in [1.807, 2.05) is 23.0 Å². The van der Waals surface area contributed by atoms with Crippen molar-refractivity contribution >= 4 is 22.5 Å². The molecule has 0 aliphatic heterocycles. The zero-order chi connectivity index (χ0) is 24.9. The van der Waals surface area contributed by atoms with E-state index in [-0.39, 0.29) is 17.7 Å². The predicted molar refractivity (Wildman–Crippen MR) is 135 cm³/mol. The molecule has 8 heteroatoms. The zero-order valence-corrected chi connectivity index (χ0v) is 20.2. The Kier molecular flexibility index (Phi) is 5.60. The molecular weight excluding hydrogens is 456 g/mol. The molecule has 0 saturated heterocycles. The molecule has 36 heavy (non-hydrogen) atoms. The molecule has 0 spiro atoms. The Bertz CT molecular complexity index is 1360. The first-order chi connectivity index (χ1) is 17.4. The van der Waals surface area contributed by atoms with Gasteiger partial charge in [0.2, 0.25) is 0 Å². The Morgan fingerprint density at radius 1 is 1.25 bits per heavy atom. The van der Waals surface area contributed by atoms with Crippen LogP contribution in [0.5, 0.6) is 5.75 Å². The van der Waals surface area contributed by atoms with Gasteiger partial charge in [0.25, 0.3) is 5.69 Å². The van der Waals surface area contributed by atoms with Crippen LogP contribution in [0.1, 0.15) is 79.5 Å². The molecule has 2 heterocycles. The Balaban J connectivity index is 1.28. The van der Waals surface area contributed by atoms with Gasteiger partial charge >= 0.3 is 5.91 Å². The lowest BCUT2D eigenvalue weighted by atomic mass is 9.83. The highest BCUT2D eigenvalue weighted by atomic mass is 16.5. The van der Waals surface area contributed by atoms with Crippen LogP contribution < -0.4 is 14.8 Å². The molecule has 8 nitrogen and oxygen atoms in total. The van der Waals surface area contributed by atoms with Crippen LogP contribution >= 0.6 is 0 Å². The third-order valence-electron chi connectivity index (χ3n) is 7.67. The first kappa shape index (κ1) is 22.9. The molecule has 6 rings (SSSR count). The predicted octanol–water partition coefficient (Wildman–Crippen LogP) is 4.07. The number of hydrogen-bond acceptors (Lipinski definition) is 5. The number of benzene rings is 1. The van der Waals surface area contributed by atoms with Crippen molar-refractivity contribution < 1.29 is 19.4 Å². The number of nitrogens with zero attached hydrogens (tertiary/aromatic N) is 3. The van der Waals surface area contributed by atoms with Crippen LogP contribution in [0.15, 0.2) is 36.5 Å². The van der Waals surface area contributed by atoms with E-state index in [2.05, 4.69) is 11.2 Å². The summed E-state index contributed by atoms with van der Waals surface area (Å²) in [5.41, 5.74) is 0.987.